The second-order valence-electron chi connectivity index (χ2n) is 17.4. The second kappa shape index (κ2) is 16.5. The van der Waals surface area contributed by atoms with Crippen LogP contribution in [0, 0.1) is 16.7 Å². The Hall–Kier alpha value is -5.74. The molecule has 15 heteroatoms. The van der Waals surface area contributed by atoms with E-state index >= 15 is 4.79 Å². The van der Waals surface area contributed by atoms with Gasteiger partial charge in [-0.05, 0) is 54.8 Å². The van der Waals surface area contributed by atoms with Gasteiger partial charge in [0.05, 0.1) is 35.6 Å². The minimum Gasteiger partial charge on any atom is -0.456 e. The highest BCUT2D eigenvalue weighted by Gasteiger charge is 2.78. The van der Waals surface area contributed by atoms with Crippen molar-refractivity contribution in [2.75, 3.05) is 6.61 Å². The van der Waals surface area contributed by atoms with E-state index in [4.69, 9.17) is 23.7 Å². The second-order valence-corrected chi connectivity index (χ2v) is 17.4. The van der Waals surface area contributed by atoms with Gasteiger partial charge in [0.15, 0.2) is 23.6 Å². The third-order valence-corrected chi connectivity index (χ3v) is 13.5. The van der Waals surface area contributed by atoms with Gasteiger partial charge in [0.1, 0.15) is 23.9 Å². The summed E-state index contributed by atoms with van der Waals surface area (Å²) in [4.78, 5) is 83.5. The van der Waals surface area contributed by atoms with Crippen molar-refractivity contribution in [1.82, 2.24) is 5.32 Å². The van der Waals surface area contributed by atoms with Crippen molar-refractivity contribution in [1.29, 1.82) is 0 Å². The molecule has 328 valence electrons. The molecule has 1 heterocycles. The summed E-state index contributed by atoms with van der Waals surface area (Å²) in [6.07, 6.45) is -10.5. The molecule has 4 N–H and O–H groups in total. The smallest absolute Gasteiger partial charge is 0.338 e. The Morgan fingerprint density at radius 2 is 1.40 bits per heavy atom. The number of ketones is 1. The fourth-order valence-corrected chi connectivity index (χ4v) is 10.2. The highest BCUT2D eigenvalue weighted by molar-refractivity contribution is 5.96. The lowest BCUT2D eigenvalue weighted by atomic mass is 9.44. The van der Waals surface area contributed by atoms with Crippen LogP contribution in [-0.2, 0) is 42.9 Å². The molecule has 0 aromatic heterocycles. The summed E-state index contributed by atoms with van der Waals surface area (Å²) in [5.74, 6) is -6.84. The van der Waals surface area contributed by atoms with Crippen molar-refractivity contribution in [2.24, 2.45) is 16.7 Å². The Balaban J connectivity index is 1.39. The van der Waals surface area contributed by atoms with Gasteiger partial charge in [0.25, 0.3) is 5.91 Å². The molecule has 15 nitrogen and oxygen atoms in total. The fourth-order valence-electron chi connectivity index (χ4n) is 10.2. The Morgan fingerprint density at radius 1 is 0.823 bits per heavy atom. The van der Waals surface area contributed by atoms with Crippen LogP contribution in [-0.4, -0.2) is 105 Å². The number of carbonyl (C=O) groups is 6. The minimum absolute atomic E-state index is 0.00289. The number of carbonyl (C=O) groups excluding carboxylic acids is 6. The molecule has 1 saturated heterocycles. The molecular weight excluding hydrogens is 803 g/mol. The first-order valence-electron chi connectivity index (χ1n) is 20.5. The third-order valence-electron chi connectivity index (χ3n) is 13.5. The van der Waals surface area contributed by atoms with Crippen molar-refractivity contribution in [2.45, 2.75) is 108 Å². The average molecular weight is 854 g/mol. The van der Waals surface area contributed by atoms with Crippen LogP contribution in [0.25, 0.3) is 0 Å². The number of Topliss-reactive ketones (excluding diaryl/α,β-unsaturated/α-hetero) is 1. The summed E-state index contributed by atoms with van der Waals surface area (Å²) in [6, 6.07) is 22.9. The molecule has 2 saturated carbocycles. The quantitative estimate of drug-likeness (QED) is 0.130. The summed E-state index contributed by atoms with van der Waals surface area (Å²) >= 11 is 0. The minimum atomic E-state index is -2.39. The molecule has 4 aliphatic rings. The summed E-state index contributed by atoms with van der Waals surface area (Å²) in [6.45, 7) is 7.97. The number of rotatable bonds is 10. The van der Waals surface area contributed by atoms with Crippen LogP contribution in [0.2, 0.25) is 0 Å². The first-order chi connectivity index (χ1) is 29.3. The van der Waals surface area contributed by atoms with Crippen LogP contribution in [0.4, 0.5) is 0 Å². The van der Waals surface area contributed by atoms with E-state index < -0.39 is 113 Å². The third kappa shape index (κ3) is 7.29. The first-order valence-corrected chi connectivity index (χ1v) is 20.5. The van der Waals surface area contributed by atoms with Gasteiger partial charge in [-0.3, -0.25) is 19.2 Å². The Kier molecular flexibility index (Phi) is 11.8. The summed E-state index contributed by atoms with van der Waals surface area (Å²) in [5, 5.41) is 40.2. The number of amides is 1. The molecule has 3 aromatic carbocycles. The lowest BCUT2D eigenvalue weighted by Gasteiger charge is -2.67. The highest BCUT2D eigenvalue weighted by Crippen LogP contribution is 2.64. The van der Waals surface area contributed by atoms with Crippen LogP contribution in [0.15, 0.2) is 102 Å². The molecule has 3 fully saturated rings. The number of esters is 4. The summed E-state index contributed by atoms with van der Waals surface area (Å²) in [5.41, 5.74) is -7.02. The Morgan fingerprint density at radius 3 is 1.95 bits per heavy atom. The molecule has 1 unspecified atom stereocenters. The predicted octanol–water partition coefficient (Wildman–Crippen LogP) is 3.74. The largest absolute Gasteiger partial charge is 0.456 e. The van der Waals surface area contributed by atoms with Gasteiger partial charge in [0, 0.05) is 37.7 Å². The number of benzene rings is 3. The standard InChI is InChI=1S/C47H51NO14/c1-25-31(60-43(56)36(52)35(28-16-10-7-11-17-28)48-41(54)29-18-12-8-13-19-29)23-47(57)40(61-42(55)30-20-14-9-15-21-30)38-45(6,32(51)22-33-46(38,24-58-33)62-27(3)50)39(53)37(59-26(2)49)34(25)44(47,4)5/h7-21,31-33,35-38,40,51-52,57H,22-24H2,1-6H3,(H,48,54)/t31-,32-,33+,35+,36-,37+,38?,40-,45+,46-,47+/m0/s1. The summed E-state index contributed by atoms with van der Waals surface area (Å²) in [7, 11) is 0. The van der Waals surface area contributed by atoms with Gasteiger partial charge in [-0.1, -0.05) is 80.6 Å². The van der Waals surface area contributed by atoms with E-state index in [1.807, 2.05) is 0 Å². The first kappa shape index (κ1) is 44.3. The zero-order chi connectivity index (χ0) is 44.9. The molecule has 2 bridgehead atoms. The van der Waals surface area contributed by atoms with Gasteiger partial charge in [0.2, 0.25) is 0 Å². The summed E-state index contributed by atoms with van der Waals surface area (Å²) < 4.78 is 30.3. The number of hydrogen-bond donors (Lipinski definition) is 4. The molecule has 11 atom stereocenters. The molecule has 3 aromatic rings. The van der Waals surface area contributed by atoms with Crippen molar-refractivity contribution in [3.63, 3.8) is 0 Å². The Labute approximate surface area is 358 Å². The number of aliphatic hydroxyl groups is 3. The van der Waals surface area contributed by atoms with Crippen molar-refractivity contribution >= 4 is 35.6 Å². The van der Waals surface area contributed by atoms with E-state index in [0.717, 1.165) is 13.8 Å². The highest BCUT2D eigenvalue weighted by atomic mass is 16.6. The number of ether oxygens (including phenoxy) is 5. The van der Waals surface area contributed by atoms with Crippen LogP contribution in [0.1, 0.15) is 86.7 Å². The average Bonchev–Trinajstić information content (AvgIpc) is 3.24. The monoisotopic (exact) mass is 853 g/mol. The number of hydrogen-bond acceptors (Lipinski definition) is 14. The van der Waals surface area contributed by atoms with Crippen molar-refractivity contribution < 1.29 is 67.8 Å². The maximum absolute atomic E-state index is 15.5. The predicted molar refractivity (Wildman–Crippen MR) is 218 cm³/mol. The van der Waals surface area contributed by atoms with Gasteiger partial charge < -0.3 is 44.3 Å². The maximum atomic E-state index is 15.5. The SMILES string of the molecule is CC(=O)O[C@H]1C(=O)[C@@]2(C)C([C@H](OC(=O)c3ccccc3)[C@]3(O)C[C@H](OC(=O)[C@@H](O)[C@H](NC(=O)c4ccccc4)c4ccccc4)C(C)=C1C3(C)C)[C@]1(OC(C)=O)CO[C@@H]1C[C@@H]2O. The van der Waals surface area contributed by atoms with Crippen LogP contribution >= 0.6 is 0 Å². The molecule has 1 aliphatic heterocycles. The normalized spacial score (nSPS) is 31.9. The van der Waals surface area contributed by atoms with E-state index in [1.165, 1.54) is 26.0 Å². The zero-order valence-electron chi connectivity index (χ0n) is 35.2. The topological polar surface area (TPSA) is 221 Å². The van der Waals surface area contributed by atoms with Crippen LogP contribution < -0.4 is 5.32 Å². The number of nitrogens with one attached hydrogen (secondary N) is 1. The zero-order valence-corrected chi connectivity index (χ0v) is 35.2. The van der Waals surface area contributed by atoms with Gasteiger partial charge in [-0.25, -0.2) is 9.59 Å². The molecule has 0 radical (unpaired) electrons. The van der Waals surface area contributed by atoms with Crippen LogP contribution in [0.3, 0.4) is 0 Å². The molecule has 62 heavy (non-hydrogen) atoms. The Bertz CT molecular complexity index is 2280. The lowest BCUT2D eigenvalue weighted by molar-refractivity contribution is -0.346. The number of fused-ring (bicyclic) bond motifs is 5. The van der Waals surface area contributed by atoms with Crippen LogP contribution in [0.5, 0.6) is 0 Å². The van der Waals surface area contributed by atoms with E-state index in [-0.39, 0.29) is 35.3 Å². The lowest BCUT2D eigenvalue weighted by Crippen LogP contribution is -2.82. The van der Waals surface area contributed by atoms with Gasteiger partial charge in [-0.2, -0.15) is 0 Å². The number of aliphatic hydroxyl groups excluding tert-OH is 2. The fraction of sp³-hybridized carbons (Fsp3) is 0.447. The molecule has 1 amide bonds. The van der Waals surface area contributed by atoms with E-state index in [9.17, 15) is 39.3 Å². The molecule has 7 rings (SSSR count). The van der Waals surface area contributed by atoms with Crippen molar-refractivity contribution in [3.8, 4) is 0 Å². The maximum Gasteiger partial charge on any atom is 0.338 e. The molecular formula is C47H51NO14. The molecule has 3 aliphatic carbocycles. The van der Waals surface area contributed by atoms with Gasteiger partial charge in [-0.15, -0.1) is 0 Å². The van der Waals surface area contributed by atoms with E-state index in [1.54, 1.807) is 92.7 Å². The van der Waals surface area contributed by atoms with Crippen molar-refractivity contribution in [3.05, 3.63) is 119 Å². The van der Waals surface area contributed by atoms with Gasteiger partial charge >= 0.3 is 23.9 Å². The molecule has 0 spiro atoms. The van der Waals surface area contributed by atoms with E-state index in [0.29, 0.717) is 5.56 Å². The van der Waals surface area contributed by atoms with E-state index in [2.05, 4.69) is 5.32 Å².